The second-order valence-electron chi connectivity index (χ2n) is 4.36. The zero-order valence-electron chi connectivity index (χ0n) is 10.1. The van der Waals surface area contributed by atoms with Crippen LogP contribution in [0, 0.1) is 5.82 Å². The van der Waals surface area contributed by atoms with Gasteiger partial charge in [0.2, 0.25) is 0 Å². The van der Waals surface area contributed by atoms with Crippen LogP contribution in [0.25, 0.3) is 0 Å². The van der Waals surface area contributed by atoms with Crippen LogP contribution in [0.15, 0.2) is 15.9 Å². The Morgan fingerprint density at radius 2 is 1.73 bits per heavy atom. The Labute approximate surface area is 123 Å². The van der Waals surface area contributed by atoms with Gasteiger partial charge in [-0.1, -0.05) is 0 Å². The Hall–Kier alpha value is -1.01. The number of fused-ring (bicyclic) bond motifs is 1. The molecule has 1 aliphatic rings. The van der Waals surface area contributed by atoms with Crippen LogP contribution in [-0.4, -0.2) is 24.9 Å². The molecule has 0 aliphatic carbocycles. The third-order valence-electron chi connectivity index (χ3n) is 2.94. The van der Waals surface area contributed by atoms with E-state index >= 15 is 0 Å². The van der Waals surface area contributed by atoms with Gasteiger partial charge >= 0.3 is 12.4 Å². The highest BCUT2D eigenvalue weighted by atomic mass is 32.2. The van der Waals surface area contributed by atoms with Crippen LogP contribution >= 0.6 is 11.8 Å². The second-order valence-corrected chi connectivity index (χ2v) is 6.78. The summed E-state index contributed by atoms with van der Waals surface area (Å²) in [7, 11) is -5.40. The molecule has 3 nitrogen and oxygen atoms in total. The normalized spacial score (nSPS) is 19.4. The third kappa shape index (κ3) is 2.91. The highest BCUT2D eigenvalue weighted by Gasteiger charge is 2.50. The van der Waals surface area contributed by atoms with Crippen molar-refractivity contribution in [2.45, 2.75) is 28.1 Å². The molecule has 0 spiro atoms. The molecular weight excluding hydrogens is 365 g/mol. The molecule has 1 atom stereocenters. The maximum atomic E-state index is 13.8. The molecule has 0 aromatic heterocycles. The van der Waals surface area contributed by atoms with Crippen LogP contribution < -0.4 is 0 Å². The molecule has 0 amide bonds. The van der Waals surface area contributed by atoms with E-state index in [1.54, 1.807) is 0 Å². The molecule has 0 radical (unpaired) electrons. The maximum Gasteiger partial charge on any atom is 0.419 e. The Balaban J connectivity index is 2.86. The van der Waals surface area contributed by atoms with E-state index in [4.69, 9.17) is 4.55 Å². The van der Waals surface area contributed by atoms with Gasteiger partial charge in [0.25, 0.3) is 10.1 Å². The minimum Gasteiger partial charge on any atom is -0.282 e. The molecule has 1 unspecified atom stereocenters. The average Bonchev–Trinajstić information content (AvgIpc) is 2.70. The SMILES string of the molecule is O=S(=O)(O)c1cc(C(F)(F)F)c(F)c2c1C(C(F)(F)F)CS2. The van der Waals surface area contributed by atoms with Gasteiger partial charge in [0, 0.05) is 16.2 Å². The molecule has 0 saturated carbocycles. The Kier molecular flexibility index (Phi) is 3.94. The van der Waals surface area contributed by atoms with E-state index in [1.807, 2.05) is 0 Å². The average molecular weight is 370 g/mol. The first-order chi connectivity index (χ1) is 9.74. The minimum atomic E-state index is -5.40. The van der Waals surface area contributed by atoms with Crippen LogP contribution in [0.1, 0.15) is 17.0 Å². The summed E-state index contributed by atoms with van der Waals surface area (Å²) in [6.45, 7) is 0. The summed E-state index contributed by atoms with van der Waals surface area (Å²) < 4.78 is 122. The van der Waals surface area contributed by atoms with Gasteiger partial charge in [-0.2, -0.15) is 34.8 Å². The molecule has 2 rings (SSSR count). The fourth-order valence-corrected chi connectivity index (χ4v) is 4.21. The topological polar surface area (TPSA) is 54.4 Å². The van der Waals surface area contributed by atoms with Crippen molar-refractivity contribution < 1.29 is 43.7 Å². The van der Waals surface area contributed by atoms with Crippen molar-refractivity contribution in [1.82, 2.24) is 0 Å². The molecule has 1 aromatic rings. The fraction of sp³-hybridized carbons (Fsp3) is 0.400. The van der Waals surface area contributed by atoms with Gasteiger partial charge in [-0.3, -0.25) is 4.55 Å². The fourth-order valence-electron chi connectivity index (χ4n) is 2.02. The van der Waals surface area contributed by atoms with Crippen LogP contribution in [-0.2, 0) is 16.3 Å². The number of thioether (sulfide) groups is 1. The van der Waals surface area contributed by atoms with Crippen LogP contribution in [0.2, 0.25) is 0 Å². The number of benzene rings is 1. The van der Waals surface area contributed by atoms with Crippen molar-refractivity contribution in [3.63, 3.8) is 0 Å². The van der Waals surface area contributed by atoms with Gasteiger partial charge in [-0.05, 0) is 6.07 Å². The third-order valence-corrected chi connectivity index (χ3v) is 5.02. The molecule has 1 heterocycles. The van der Waals surface area contributed by atoms with Crippen LogP contribution in [0.5, 0.6) is 0 Å². The summed E-state index contributed by atoms with van der Waals surface area (Å²) in [5, 5.41) is 0. The molecule has 124 valence electrons. The molecule has 0 fully saturated rings. The van der Waals surface area contributed by atoms with Gasteiger partial charge < -0.3 is 0 Å². The molecule has 0 bridgehead atoms. The molecular formula is C10H5F7O3S2. The largest absolute Gasteiger partial charge is 0.419 e. The van der Waals surface area contributed by atoms with E-state index in [1.165, 1.54) is 0 Å². The van der Waals surface area contributed by atoms with Gasteiger partial charge in [-0.15, -0.1) is 11.8 Å². The molecule has 12 heteroatoms. The van der Waals surface area contributed by atoms with Gasteiger partial charge in [0.05, 0.1) is 16.4 Å². The van der Waals surface area contributed by atoms with Gasteiger partial charge in [0.1, 0.15) is 5.82 Å². The molecule has 0 saturated heterocycles. The van der Waals surface area contributed by atoms with Crippen molar-refractivity contribution in [1.29, 1.82) is 0 Å². The second kappa shape index (κ2) is 4.99. The summed E-state index contributed by atoms with van der Waals surface area (Å²) in [4.78, 5) is -2.65. The Morgan fingerprint density at radius 1 is 1.18 bits per heavy atom. The molecule has 1 aliphatic heterocycles. The van der Waals surface area contributed by atoms with Crippen LogP contribution in [0.4, 0.5) is 30.7 Å². The van der Waals surface area contributed by atoms with Crippen molar-refractivity contribution >= 4 is 21.9 Å². The minimum absolute atomic E-state index is 0.119. The van der Waals surface area contributed by atoms with E-state index in [0.717, 1.165) is 0 Å². The predicted octanol–water partition coefficient (Wildman–Crippen LogP) is 3.84. The highest BCUT2D eigenvalue weighted by Crippen LogP contribution is 2.52. The van der Waals surface area contributed by atoms with E-state index < -0.39 is 60.9 Å². The quantitative estimate of drug-likeness (QED) is 0.603. The Morgan fingerprint density at radius 3 is 2.14 bits per heavy atom. The first-order valence-corrected chi connectivity index (χ1v) is 7.77. The van der Waals surface area contributed by atoms with E-state index in [2.05, 4.69) is 0 Å². The number of alkyl halides is 6. The van der Waals surface area contributed by atoms with E-state index in [0.29, 0.717) is 0 Å². The highest BCUT2D eigenvalue weighted by molar-refractivity contribution is 7.99. The van der Waals surface area contributed by atoms with Gasteiger partial charge in [-0.25, -0.2) is 4.39 Å². The maximum absolute atomic E-state index is 13.8. The molecule has 1 N–H and O–H groups in total. The first kappa shape index (κ1) is 17.3. The molecule has 1 aromatic carbocycles. The number of rotatable bonds is 1. The lowest BCUT2D eigenvalue weighted by atomic mass is 9.98. The summed E-state index contributed by atoms with van der Waals surface area (Å²) in [5.41, 5.74) is -3.24. The summed E-state index contributed by atoms with van der Waals surface area (Å²) in [5.74, 6) is -5.34. The standard InChI is InChI=1S/C10H5F7O3S2/c11-7-3(9(12,13)14)1-5(22(18,19)20)6-4(10(15,16)17)2-21-8(6)7/h1,4H,2H2,(H,18,19,20). The summed E-state index contributed by atoms with van der Waals surface area (Å²) in [6.07, 6.45) is -10.3. The van der Waals surface area contributed by atoms with Gasteiger partial charge in [0.15, 0.2) is 0 Å². The van der Waals surface area contributed by atoms with Crippen molar-refractivity contribution in [3.8, 4) is 0 Å². The van der Waals surface area contributed by atoms with Crippen molar-refractivity contribution in [3.05, 3.63) is 23.0 Å². The lowest BCUT2D eigenvalue weighted by Gasteiger charge is -2.19. The van der Waals surface area contributed by atoms with Crippen LogP contribution in [0.3, 0.4) is 0 Å². The predicted molar refractivity (Wildman–Crippen MR) is 60.7 cm³/mol. The van der Waals surface area contributed by atoms with E-state index in [9.17, 15) is 39.2 Å². The zero-order chi connectivity index (χ0) is 17.1. The van der Waals surface area contributed by atoms with E-state index in [-0.39, 0.29) is 17.8 Å². The smallest absolute Gasteiger partial charge is 0.282 e. The Bertz CT molecular complexity index is 722. The lowest BCUT2D eigenvalue weighted by Crippen LogP contribution is -2.23. The summed E-state index contributed by atoms with van der Waals surface area (Å²) in [6, 6.07) is -0.311. The molecule has 22 heavy (non-hydrogen) atoms. The number of halogens is 7. The monoisotopic (exact) mass is 370 g/mol. The number of hydrogen-bond donors (Lipinski definition) is 1. The lowest BCUT2D eigenvalue weighted by molar-refractivity contribution is -0.145. The number of hydrogen-bond acceptors (Lipinski definition) is 3. The first-order valence-electron chi connectivity index (χ1n) is 5.35. The summed E-state index contributed by atoms with van der Waals surface area (Å²) >= 11 is 0.119. The van der Waals surface area contributed by atoms with Crippen molar-refractivity contribution in [2.75, 3.05) is 5.75 Å². The zero-order valence-corrected chi connectivity index (χ0v) is 11.7. The van der Waals surface area contributed by atoms with Crippen molar-refractivity contribution in [2.24, 2.45) is 0 Å².